The second-order valence-corrected chi connectivity index (χ2v) is 16.4. The molecule has 1 nitrogen and oxygen atoms in total. The Hall–Kier alpha value is -7.00. The molecule has 2 heteroatoms. The van der Waals surface area contributed by atoms with E-state index in [1.807, 2.05) is 11.3 Å². The van der Waals surface area contributed by atoms with Crippen LogP contribution in [-0.2, 0) is 6.42 Å². The van der Waals surface area contributed by atoms with Crippen molar-refractivity contribution in [2.45, 2.75) is 6.42 Å². The number of allylic oxidation sites excluding steroid dienone is 1. The molecule has 0 amide bonds. The molecule has 2 bridgehead atoms. The highest BCUT2D eigenvalue weighted by Gasteiger charge is 2.26. The molecular formula is C55H35NS. The molecule has 0 atom stereocenters. The van der Waals surface area contributed by atoms with Crippen LogP contribution in [0.15, 0.2) is 194 Å². The molecule has 266 valence electrons. The number of hydrogen-bond donors (Lipinski definition) is 0. The lowest BCUT2D eigenvalue weighted by molar-refractivity contribution is 1.28. The van der Waals surface area contributed by atoms with Crippen LogP contribution < -0.4 is 4.90 Å². The fraction of sp³-hybridized carbons (Fsp3) is 0.0182. The van der Waals surface area contributed by atoms with Crippen LogP contribution in [0.4, 0.5) is 17.1 Å². The molecule has 10 aromatic rings. The quantitative estimate of drug-likeness (QED) is 0.170. The van der Waals surface area contributed by atoms with E-state index < -0.39 is 0 Å². The molecule has 0 aliphatic heterocycles. The number of benzene rings is 9. The van der Waals surface area contributed by atoms with E-state index in [-0.39, 0.29) is 0 Å². The lowest BCUT2D eigenvalue weighted by Crippen LogP contribution is -2.09. The summed E-state index contributed by atoms with van der Waals surface area (Å²) in [7, 11) is 0. The number of anilines is 3. The van der Waals surface area contributed by atoms with Gasteiger partial charge in [-0.15, -0.1) is 11.3 Å². The fourth-order valence-corrected chi connectivity index (χ4v) is 10.5. The zero-order valence-corrected chi connectivity index (χ0v) is 31.9. The average Bonchev–Trinajstić information content (AvgIpc) is 3.64. The van der Waals surface area contributed by atoms with E-state index in [0.717, 1.165) is 23.5 Å². The van der Waals surface area contributed by atoms with E-state index >= 15 is 0 Å². The summed E-state index contributed by atoms with van der Waals surface area (Å²) in [6, 6.07) is 71.7. The summed E-state index contributed by atoms with van der Waals surface area (Å²) in [5.41, 5.74) is 19.2. The van der Waals surface area contributed by atoms with Crippen molar-refractivity contribution < 1.29 is 0 Å². The number of thiophene rings is 1. The van der Waals surface area contributed by atoms with Gasteiger partial charge in [0.15, 0.2) is 0 Å². The summed E-state index contributed by atoms with van der Waals surface area (Å²) in [5.74, 6) is 0. The van der Waals surface area contributed by atoms with Crippen LogP contribution in [0.2, 0.25) is 0 Å². The highest BCUT2D eigenvalue weighted by Crippen LogP contribution is 2.49. The molecule has 0 radical (unpaired) electrons. The van der Waals surface area contributed by atoms with Gasteiger partial charge in [-0.2, -0.15) is 0 Å². The topological polar surface area (TPSA) is 3.24 Å². The second-order valence-electron chi connectivity index (χ2n) is 15.3. The lowest BCUT2D eigenvalue weighted by Gasteiger charge is -2.28. The van der Waals surface area contributed by atoms with Gasteiger partial charge in [-0.3, -0.25) is 0 Å². The van der Waals surface area contributed by atoms with Crippen LogP contribution in [0.1, 0.15) is 16.7 Å². The van der Waals surface area contributed by atoms with Gasteiger partial charge in [-0.25, -0.2) is 0 Å². The van der Waals surface area contributed by atoms with E-state index in [1.54, 1.807) is 0 Å². The molecular weight excluding hydrogens is 707 g/mol. The largest absolute Gasteiger partial charge is 0.310 e. The van der Waals surface area contributed by atoms with Crippen molar-refractivity contribution in [3.05, 3.63) is 211 Å². The molecule has 2 aliphatic carbocycles. The van der Waals surface area contributed by atoms with E-state index in [4.69, 9.17) is 0 Å². The molecule has 0 unspecified atom stereocenters. The molecule has 0 saturated carbocycles. The van der Waals surface area contributed by atoms with Crippen molar-refractivity contribution in [2.75, 3.05) is 4.90 Å². The third-order valence-electron chi connectivity index (χ3n) is 12.1. The first-order valence-corrected chi connectivity index (χ1v) is 20.5. The molecule has 0 fully saturated rings. The Morgan fingerprint density at radius 3 is 1.95 bits per heavy atom. The highest BCUT2D eigenvalue weighted by molar-refractivity contribution is 7.25. The Bertz CT molecular complexity index is 3240. The van der Waals surface area contributed by atoms with Gasteiger partial charge in [0.05, 0.1) is 0 Å². The maximum atomic E-state index is 2.44. The smallest absolute Gasteiger partial charge is 0.0476 e. The number of fused-ring (bicyclic) bond motifs is 9. The van der Waals surface area contributed by atoms with Crippen LogP contribution in [0, 0.1) is 0 Å². The van der Waals surface area contributed by atoms with Crippen LogP contribution >= 0.6 is 11.3 Å². The molecule has 12 rings (SSSR count). The summed E-state index contributed by atoms with van der Waals surface area (Å²) < 4.78 is 2.59. The van der Waals surface area contributed by atoms with Crippen molar-refractivity contribution in [3.63, 3.8) is 0 Å². The predicted octanol–water partition coefficient (Wildman–Crippen LogP) is 15.8. The van der Waals surface area contributed by atoms with Gasteiger partial charge in [0.2, 0.25) is 0 Å². The van der Waals surface area contributed by atoms with Crippen LogP contribution in [0.5, 0.6) is 0 Å². The Labute approximate surface area is 336 Å². The lowest BCUT2D eigenvalue weighted by atomic mass is 9.75. The Balaban J connectivity index is 0.952. The summed E-state index contributed by atoms with van der Waals surface area (Å²) in [6.07, 6.45) is 3.38. The summed E-state index contributed by atoms with van der Waals surface area (Å²) in [4.78, 5) is 2.36. The molecule has 1 aromatic heterocycles. The van der Waals surface area contributed by atoms with Gasteiger partial charge in [0.25, 0.3) is 0 Å². The third kappa shape index (κ3) is 5.22. The van der Waals surface area contributed by atoms with Crippen molar-refractivity contribution in [3.8, 4) is 44.5 Å². The predicted molar refractivity (Wildman–Crippen MR) is 245 cm³/mol. The van der Waals surface area contributed by atoms with Gasteiger partial charge < -0.3 is 4.90 Å². The Morgan fingerprint density at radius 2 is 1.07 bits per heavy atom. The van der Waals surface area contributed by atoms with Gasteiger partial charge in [0, 0.05) is 37.2 Å². The van der Waals surface area contributed by atoms with Crippen molar-refractivity contribution >= 4 is 71.0 Å². The minimum absolute atomic E-state index is 0.933. The summed E-state index contributed by atoms with van der Waals surface area (Å²) in [5, 5.41) is 5.31. The summed E-state index contributed by atoms with van der Waals surface area (Å²) in [6.45, 7) is 0. The SMILES string of the molecule is C1=C2/Cc3c(ccc4cccc(c34)-c3ccccc3/1)-c1ccc(-c3ccc4sc5cc(N(c6ccccc6)c6ccc(-c7ccccc7)cc6)ccc5c4c3)cc12. The number of hydrogen-bond acceptors (Lipinski definition) is 2. The fourth-order valence-electron chi connectivity index (χ4n) is 9.35. The minimum Gasteiger partial charge on any atom is -0.310 e. The maximum Gasteiger partial charge on any atom is 0.0476 e. The van der Waals surface area contributed by atoms with Gasteiger partial charge in [-0.1, -0.05) is 146 Å². The first-order chi connectivity index (χ1) is 28.2. The van der Waals surface area contributed by atoms with E-state index in [2.05, 4.69) is 205 Å². The van der Waals surface area contributed by atoms with E-state index in [1.165, 1.54) is 97.7 Å². The normalized spacial score (nSPS) is 13.5. The van der Waals surface area contributed by atoms with Crippen molar-refractivity contribution in [1.29, 1.82) is 0 Å². The molecule has 1 heterocycles. The molecule has 0 N–H and O–H groups in total. The van der Waals surface area contributed by atoms with E-state index in [0.29, 0.717) is 0 Å². The molecule has 0 spiro atoms. The van der Waals surface area contributed by atoms with Gasteiger partial charge in [-0.05, 0) is 139 Å². The highest BCUT2D eigenvalue weighted by atomic mass is 32.1. The zero-order valence-electron chi connectivity index (χ0n) is 31.1. The van der Waals surface area contributed by atoms with Crippen molar-refractivity contribution in [2.24, 2.45) is 0 Å². The zero-order chi connectivity index (χ0) is 37.5. The average molecular weight is 742 g/mol. The Kier molecular flexibility index (Phi) is 7.23. The first kappa shape index (κ1) is 32.3. The summed E-state index contributed by atoms with van der Waals surface area (Å²) >= 11 is 1.87. The van der Waals surface area contributed by atoms with Crippen LogP contribution in [0.25, 0.3) is 87.1 Å². The Morgan fingerprint density at radius 1 is 0.386 bits per heavy atom. The monoisotopic (exact) mass is 741 g/mol. The molecule has 57 heavy (non-hydrogen) atoms. The third-order valence-corrected chi connectivity index (χ3v) is 13.2. The van der Waals surface area contributed by atoms with Gasteiger partial charge >= 0.3 is 0 Å². The minimum atomic E-state index is 0.933. The van der Waals surface area contributed by atoms with Crippen molar-refractivity contribution in [1.82, 2.24) is 0 Å². The van der Waals surface area contributed by atoms with Crippen LogP contribution in [0.3, 0.4) is 0 Å². The molecule has 9 aromatic carbocycles. The molecule has 0 saturated heterocycles. The number of rotatable bonds is 5. The maximum absolute atomic E-state index is 2.44. The number of nitrogens with zero attached hydrogens (tertiary/aromatic N) is 1. The standard InChI is InChI=1S/C55H35NS/c1-3-10-35(11-4-1)36-18-23-43(24-19-36)56(42-14-5-2-6-15-42)44-25-28-48-51-32-39(22-29-53(51)57-54(48)34-44)38-21-27-46-47-26-20-37-13-9-17-49-45-16-8-7-12-40(45)30-41(50(46)31-38)33-52(47)55(37)49/h1-32,34H,33H2/b40-30?,41-30-,49-45?. The van der Waals surface area contributed by atoms with Gasteiger partial charge in [0.1, 0.15) is 0 Å². The van der Waals surface area contributed by atoms with Crippen LogP contribution in [-0.4, -0.2) is 0 Å². The number of para-hydroxylation sites is 1. The first-order valence-electron chi connectivity index (χ1n) is 19.7. The second kappa shape index (κ2) is 12.8. The molecule has 2 aliphatic rings. The van der Waals surface area contributed by atoms with E-state index in [9.17, 15) is 0 Å².